The van der Waals surface area contributed by atoms with Crippen molar-refractivity contribution in [3.05, 3.63) is 95.1 Å². The average molecular weight is 418 g/mol. The van der Waals surface area contributed by atoms with Crippen LogP contribution in [0.25, 0.3) is 6.08 Å². The molecule has 3 rings (SSSR count). The summed E-state index contributed by atoms with van der Waals surface area (Å²) in [6.07, 6.45) is 3.15. The lowest BCUT2D eigenvalue weighted by Crippen LogP contribution is -2.02. The van der Waals surface area contributed by atoms with Crippen LogP contribution in [0.4, 0.5) is 0 Å². The Bertz CT molecular complexity index is 1080. The SMILES string of the molecule is COC(=O)c1ccc(COc2ccc(C=CC(=O)c3ccc(O)cc3)cc2OC)cc1. The van der Waals surface area contributed by atoms with Crippen molar-refractivity contribution < 1.29 is 28.9 Å². The zero-order valence-electron chi connectivity index (χ0n) is 17.2. The second-order valence-electron chi connectivity index (χ2n) is 6.63. The number of aromatic hydroxyl groups is 1. The van der Waals surface area contributed by atoms with Crippen molar-refractivity contribution in [3.8, 4) is 17.2 Å². The van der Waals surface area contributed by atoms with E-state index >= 15 is 0 Å². The highest BCUT2D eigenvalue weighted by molar-refractivity contribution is 6.06. The average Bonchev–Trinajstić information content (AvgIpc) is 2.81. The van der Waals surface area contributed by atoms with Crippen LogP contribution in [0.2, 0.25) is 0 Å². The van der Waals surface area contributed by atoms with E-state index in [0.29, 0.717) is 29.2 Å². The van der Waals surface area contributed by atoms with Crippen molar-refractivity contribution >= 4 is 17.8 Å². The summed E-state index contributed by atoms with van der Waals surface area (Å²) in [6, 6.07) is 18.4. The van der Waals surface area contributed by atoms with Gasteiger partial charge in [-0.25, -0.2) is 4.79 Å². The molecule has 0 spiro atoms. The summed E-state index contributed by atoms with van der Waals surface area (Å²) < 4.78 is 15.9. The van der Waals surface area contributed by atoms with E-state index in [1.165, 1.54) is 25.3 Å². The highest BCUT2D eigenvalue weighted by Gasteiger charge is 2.08. The molecule has 0 aliphatic rings. The van der Waals surface area contributed by atoms with E-state index in [2.05, 4.69) is 4.74 Å². The minimum absolute atomic E-state index is 0.111. The fourth-order valence-corrected chi connectivity index (χ4v) is 2.82. The normalized spacial score (nSPS) is 10.6. The lowest BCUT2D eigenvalue weighted by atomic mass is 10.1. The zero-order chi connectivity index (χ0) is 22.2. The van der Waals surface area contributed by atoms with Crippen LogP contribution in [-0.2, 0) is 11.3 Å². The largest absolute Gasteiger partial charge is 0.508 e. The van der Waals surface area contributed by atoms with E-state index in [1.54, 1.807) is 61.7 Å². The van der Waals surface area contributed by atoms with E-state index in [-0.39, 0.29) is 17.5 Å². The summed E-state index contributed by atoms with van der Waals surface area (Å²) in [5, 5.41) is 9.32. The standard InChI is InChI=1S/C25H22O6/c1-29-24-15-17(5-13-22(27)19-9-11-21(26)12-10-19)6-14-23(24)31-16-18-3-7-20(8-4-18)25(28)30-2/h3-15,26H,16H2,1-2H3. The van der Waals surface area contributed by atoms with Gasteiger partial charge in [-0.2, -0.15) is 0 Å². The fraction of sp³-hybridized carbons (Fsp3) is 0.120. The molecule has 0 saturated heterocycles. The van der Waals surface area contributed by atoms with Gasteiger partial charge < -0.3 is 19.3 Å². The molecule has 0 radical (unpaired) electrons. The highest BCUT2D eigenvalue weighted by atomic mass is 16.5. The Balaban J connectivity index is 1.66. The Kier molecular flexibility index (Phi) is 7.06. The van der Waals surface area contributed by atoms with Gasteiger partial charge in [0.1, 0.15) is 12.4 Å². The predicted molar refractivity (Wildman–Crippen MR) is 117 cm³/mol. The number of rotatable bonds is 8. The summed E-state index contributed by atoms with van der Waals surface area (Å²) in [4.78, 5) is 23.7. The van der Waals surface area contributed by atoms with Crippen molar-refractivity contribution in [2.24, 2.45) is 0 Å². The number of allylic oxidation sites excluding steroid dienone is 1. The molecule has 6 nitrogen and oxygen atoms in total. The Morgan fingerprint density at radius 1 is 0.871 bits per heavy atom. The summed E-state index contributed by atoms with van der Waals surface area (Å²) in [6.45, 7) is 0.298. The van der Waals surface area contributed by atoms with Crippen LogP contribution in [0.15, 0.2) is 72.8 Å². The minimum Gasteiger partial charge on any atom is -0.508 e. The smallest absolute Gasteiger partial charge is 0.337 e. The van der Waals surface area contributed by atoms with E-state index in [4.69, 9.17) is 9.47 Å². The second kappa shape index (κ2) is 10.1. The molecule has 0 fully saturated rings. The number of carbonyl (C=O) groups is 2. The van der Waals surface area contributed by atoms with Gasteiger partial charge >= 0.3 is 5.97 Å². The lowest BCUT2D eigenvalue weighted by Gasteiger charge is -2.11. The number of ketones is 1. The topological polar surface area (TPSA) is 82.1 Å². The number of methoxy groups -OCH3 is 2. The first-order chi connectivity index (χ1) is 15.0. The monoisotopic (exact) mass is 418 g/mol. The molecule has 0 heterocycles. The van der Waals surface area contributed by atoms with Crippen LogP contribution in [0.5, 0.6) is 17.2 Å². The molecule has 158 valence electrons. The molecule has 0 aliphatic heterocycles. The number of ether oxygens (including phenoxy) is 3. The molecule has 3 aromatic carbocycles. The molecule has 0 atom stereocenters. The minimum atomic E-state index is -0.387. The third kappa shape index (κ3) is 5.73. The molecule has 0 unspecified atom stereocenters. The maximum absolute atomic E-state index is 12.2. The Morgan fingerprint density at radius 3 is 2.19 bits per heavy atom. The van der Waals surface area contributed by atoms with E-state index in [0.717, 1.165) is 11.1 Å². The van der Waals surface area contributed by atoms with Gasteiger partial charge in [0.05, 0.1) is 19.8 Å². The van der Waals surface area contributed by atoms with Crippen LogP contribution in [0.3, 0.4) is 0 Å². The van der Waals surface area contributed by atoms with Crippen LogP contribution in [-0.4, -0.2) is 31.1 Å². The number of phenolic OH excluding ortho intramolecular Hbond substituents is 1. The summed E-state index contributed by atoms with van der Waals surface area (Å²) in [5.74, 6) is 0.642. The Morgan fingerprint density at radius 2 is 1.55 bits per heavy atom. The number of hydrogen-bond acceptors (Lipinski definition) is 6. The molecule has 31 heavy (non-hydrogen) atoms. The molecule has 0 bridgehead atoms. The maximum atomic E-state index is 12.2. The van der Waals surface area contributed by atoms with Gasteiger partial charge in [-0.15, -0.1) is 0 Å². The van der Waals surface area contributed by atoms with Gasteiger partial charge in [0.25, 0.3) is 0 Å². The molecule has 0 aliphatic carbocycles. The van der Waals surface area contributed by atoms with Crippen LogP contribution in [0.1, 0.15) is 31.8 Å². The summed E-state index contributed by atoms with van der Waals surface area (Å²) in [7, 11) is 2.89. The third-order valence-electron chi connectivity index (χ3n) is 4.54. The quantitative estimate of drug-likeness (QED) is 0.325. The summed E-state index contributed by atoms with van der Waals surface area (Å²) in [5.41, 5.74) is 2.62. The van der Waals surface area contributed by atoms with E-state index in [9.17, 15) is 14.7 Å². The third-order valence-corrected chi connectivity index (χ3v) is 4.54. The molecule has 3 aromatic rings. The van der Waals surface area contributed by atoms with Crippen LogP contribution in [0, 0.1) is 0 Å². The molecular formula is C25H22O6. The number of phenols is 1. The van der Waals surface area contributed by atoms with Crippen LogP contribution >= 0.6 is 0 Å². The predicted octanol–water partition coefficient (Wildman–Crippen LogP) is 4.66. The van der Waals surface area contributed by atoms with Crippen LogP contribution < -0.4 is 9.47 Å². The van der Waals surface area contributed by atoms with Gasteiger partial charge in [0.15, 0.2) is 17.3 Å². The molecule has 0 amide bonds. The van der Waals surface area contributed by atoms with Crippen molar-refractivity contribution in [2.45, 2.75) is 6.61 Å². The lowest BCUT2D eigenvalue weighted by molar-refractivity contribution is 0.0600. The molecular weight excluding hydrogens is 396 g/mol. The number of carbonyl (C=O) groups excluding carboxylic acids is 2. The number of benzene rings is 3. The van der Waals surface area contributed by atoms with Gasteiger partial charge in [0, 0.05) is 5.56 Å². The Hall–Kier alpha value is -4.06. The van der Waals surface area contributed by atoms with Gasteiger partial charge in [-0.1, -0.05) is 24.3 Å². The number of hydrogen-bond donors (Lipinski definition) is 1. The van der Waals surface area contributed by atoms with Crippen molar-refractivity contribution in [1.29, 1.82) is 0 Å². The molecule has 6 heteroatoms. The zero-order valence-corrected chi connectivity index (χ0v) is 17.2. The van der Waals surface area contributed by atoms with Crippen molar-refractivity contribution in [3.63, 3.8) is 0 Å². The Labute approximate surface area is 180 Å². The molecule has 0 aromatic heterocycles. The fourth-order valence-electron chi connectivity index (χ4n) is 2.82. The van der Waals surface area contributed by atoms with E-state index < -0.39 is 0 Å². The summed E-state index contributed by atoms with van der Waals surface area (Å²) >= 11 is 0. The number of esters is 1. The highest BCUT2D eigenvalue weighted by Crippen LogP contribution is 2.29. The first-order valence-corrected chi connectivity index (χ1v) is 9.49. The van der Waals surface area contributed by atoms with E-state index in [1.807, 2.05) is 6.07 Å². The van der Waals surface area contributed by atoms with Gasteiger partial charge in [0.2, 0.25) is 0 Å². The first-order valence-electron chi connectivity index (χ1n) is 9.49. The van der Waals surface area contributed by atoms with Gasteiger partial charge in [-0.3, -0.25) is 4.79 Å². The first kappa shape index (κ1) is 21.6. The molecule has 1 N–H and O–H groups in total. The van der Waals surface area contributed by atoms with Crippen molar-refractivity contribution in [2.75, 3.05) is 14.2 Å². The maximum Gasteiger partial charge on any atom is 0.337 e. The second-order valence-corrected chi connectivity index (χ2v) is 6.63. The van der Waals surface area contributed by atoms with Gasteiger partial charge in [-0.05, 0) is 65.7 Å². The molecule has 0 saturated carbocycles. The van der Waals surface area contributed by atoms with Crippen molar-refractivity contribution in [1.82, 2.24) is 0 Å².